The molecule has 3 rings (SSSR count). The van der Waals surface area contributed by atoms with Crippen LogP contribution in [0, 0.1) is 17.8 Å². The number of aliphatic hydroxyl groups excluding tert-OH is 1. The number of esters is 4. The average Bonchev–Trinajstić information content (AvgIpc) is 3.15. The first-order valence-corrected chi connectivity index (χ1v) is 22.0. The second kappa shape index (κ2) is 24.9. The third-order valence-corrected chi connectivity index (χ3v) is 11.5. The highest BCUT2D eigenvalue weighted by molar-refractivity contribution is 6.26. The minimum absolute atomic E-state index is 0.0606. The van der Waals surface area contributed by atoms with Crippen LogP contribution in [-0.4, -0.2) is 158 Å². The van der Waals surface area contributed by atoms with Crippen molar-refractivity contribution in [2.75, 3.05) is 27.1 Å². The van der Waals surface area contributed by atoms with Gasteiger partial charge in [-0.2, -0.15) is 0 Å². The quantitative estimate of drug-likeness (QED) is 0.110. The van der Waals surface area contributed by atoms with Gasteiger partial charge < -0.3 is 62.5 Å². The highest BCUT2D eigenvalue weighted by atomic mass is 35.5. The molecule has 0 saturated carbocycles. The zero-order valence-electron chi connectivity index (χ0n) is 38.0. The van der Waals surface area contributed by atoms with Crippen molar-refractivity contribution in [3.63, 3.8) is 0 Å². The molecule has 2 saturated heterocycles. The lowest BCUT2D eigenvalue weighted by Gasteiger charge is -2.50. The fourth-order valence-electron chi connectivity index (χ4n) is 8.41. The number of alkyl halides is 1. The number of cyclic esters (lactones) is 1. The second-order valence-electron chi connectivity index (χ2n) is 17.6. The summed E-state index contributed by atoms with van der Waals surface area (Å²) < 4.78 is 54.5. The van der Waals surface area contributed by atoms with E-state index in [0.29, 0.717) is 12.7 Å². The Balaban J connectivity index is 2.03. The molecular weight excluding hydrogens is 834 g/mol. The van der Waals surface area contributed by atoms with Crippen molar-refractivity contribution in [2.45, 2.75) is 179 Å². The minimum atomic E-state index is -1.52. The molecule has 3 aliphatic rings. The van der Waals surface area contributed by atoms with Crippen molar-refractivity contribution in [1.29, 1.82) is 0 Å². The number of halogens is 1. The maximum Gasteiger partial charge on any atom is 0.321 e. The fourth-order valence-corrected chi connectivity index (χ4v) is 8.47. The van der Waals surface area contributed by atoms with Crippen LogP contribution in [0.1, 0.15) is 93.9 Å². The standard InChI is InChI=1S/C44H70ClNO16/c1-24(2)19-33(49)60-42-28(6)56-36(22-44(42,8)53)61-39-27(5)57-43(38(52)37(39)46(9)10)62-40-30(17-18-47)20-25(3)31(59-35(51)23-45)16-14-12-13-15-26(4)55-34(50)21-32(41(40)54-11)58-29(7)48/h12-14,16,18,24-28,30-32,36-43,52-53H,15,17,19-23H2,1-11H3/b13-12+,16-14+/t25-,26-,27-,28+,30+,31+,32-,36+,37-,38-,39-,40+,41+,42+,43+,44-/m1/s1. The molecule has 17 nitrogen and oxygen atoms in total. The molecule has 0 aliphatic carbocycles. The van der Waals surface area contributed by atoms with Gasteiger partial charge in [0.1, 0.15) is 54.4 Å². The Morgan fingerprint density at radius 3 is 2.27 bits per heavy atom. The predicted molar refractivity (Wildman–Crippen MR) is 224 cm³/mol. The van der Waals surface area contributed by atoms with Crippen LogP contribution in [0.3, 0.4) is 0 Å². The van der Waals surface area contributed by atoms with E-state index < -0.39 is 127 Å². The third kappa shape index (κ3) is 15.6. The van der Waals surface area contributed by atoms with Crippen LogP contribution in [0.25, 0.3) is 0 Å². The van der Waals surface area contributed by atoms with E-state index in [4.69, 9.17) is 54.2 Å². The Hall–Kier alpha value is -3.00. The summed E-state index contributed by atoms with van der Waals surface area (Å²) in [4.78, 5) is 65.2. The monoisotopic (exact) mass is 903 g/mol. The van der Waals surface area contributed by atoms with Gasteiger partial charge in [-0.25, -0.2) is 0 Å². The molecule has 0 unspecified atom stereocenters. The molecule has 3 aliphatic heterocycles. The normalized spacial score (nSPS) is 38.7. The molecule has 0 spiro atoms. The van der Waals surface area contributed by atoms with Crippen molar-refractivity contribution < 1.29 is 76.8 Å². The molecule has 0 radical (unpaired) electrons. The Kier molecular flexibility index (Phi) is 21.4. The number of allylic oxidation sites excluding steroid dienone is 2. The molecule has 2 fully saturated rings. The summed E-state index contributed by atoms with van der Waals surface area (Å²) in [5.41, 5.74) is -1.52. The van der Waals surface area contributed by atoms with Gasteiger partial charge in [-0.3, -0.25) is 19.2 Å². The van der Waals surface area contributed by atoms with Crippen LogP contribution >= 0.6 is 11.6 Å². The second-order valence-corrected chi connectivity index (χ2v) is 17.8. The maximum absolute atomic E-state index is 13.4. The summed E-state index contributed by atoms with van der Waals surface area (Å²) in [5, 5.41) is 23.7. The van der Waals surface area contributed by atoms with Crippen molar-refractivity contribution in [3.8, 4) is 0 Å². The van der Waals surface area contributed by atoms with Crippen LogP contribution in [0.4, 0.5) is 0 Å². The maximum atomic E-state index is 13.4. The Labute approximate surface area is 371 Å². The van der Waals surface area contributed by atoms with Gasteiger partial charge in [0.05, 0.1) is 30.8 Å². The van der Waals surface area contributed by atoms with Gasteiger partial charge in [0.2, 0.25) is 0 Å². The SMILES string of the molecule is CO[C@@H]1[C@@H](O[C@@H]2O[C@H](C)[C@@H](O[C@H]3C[C@@](C)(O)[C@@H](OC(=O)CC(C)C)[C@H](C)O3)[C@H](N(C)C)[C@H]2O)[C@@H](CC=O)C[C@@H](C)[C@@H](OC(=O)CCl)/C=C/C=C/C[C@@H](C)OC(=O)C[C@H]1OC(C)=O. The number of carbonyl (C=O) groups excluding carboxylic acids is 5. The van der Waals surface area contributed by atoms with Gasteiger partial charge in [0.25, 0.3) is 0 Å². The molecule has 0 amide bonds. The van der Waals surface area contributed by atoms with E-state index in [9.17, 15) is 34.2 Å². The topological polar surface area (TPSA) is 212 Å². The van der Waals surface area contributed by atoms with E-state index >= 15 is 0 Å². The number of rotatable bonds is 14. The summed E-state index contributed by atoms with van der Waals surface area (Å²) in [5.74, 6) is -4.06. The summed E-state index contributed by atoms with van der Waals surface area (Å²) in [7, 11) is 4.81. The summed E-state index contributed by atoms with van der Waals surface area (Å²) in [6, 6.07) is -0.817. The highest BCUT2D eigenvalue weighted by Crippen LogP contribution is 2.38. The molecule has 2 N–H and O–H groups in total. The molecular formula is C44H70ClNO16. The van der Waals surface area contributed by atoms with Crippen LogP contribution in [0.2, 0.25) is 0 Å². The van der Waals surface area contributed by atoms with E-state index in [-0.39, 0.29) is 37.5 Å². The van der Waals surface area contributed by atoms with Crippen LogP contribution in [0.5, 0.6) is 0 Å². The first kappa shape index (κ1) is 53.3. The molecule has 354 valence electrons. The van der Waals surface area contributed by atoms with Crippen molar-refractivity contribution in [3.05, 3.63) is 24.3 Å². The third-order valence-electron chi connectivity index (χ3n) is 11.3. The van der Waals surface area contributed by atoms with Gasteiger partial charge in [-0.05, 0) is 72.0 Å². The summed E-state index contributed by atoms with van der Waals surface area (Å²) in [6.07, 6.45) is -4.63. The molecule has 62 heavy (non-hydrogen) atoms. The molecule has 0 aromatic carbocycles. The Morgan fingerprint density at radius 2 is 1.69 bits per heavy atom. The number of ether oxygens (including phenoxy) is 9. The molecule has 0 aromatic rings. The largest absolute Gasteiger partial charge is 0.462 e. The lowest BCUT2D eigenvalue weighted by Crippen LogP contribution is -2.66. The van der Waals surface area contributed by atoms with Gasteiger partial charge in [0, 0.05) is 39.7 Å². The van der Waals surface area contributed by atoms with Gasteiger partial charge in [-0.15, -0.1) is 11.6 Å². The van der Waals surface area contributed by atoms with E-state index in [1.54, 1.807) is 71.0 Å². The number of aldehydes is 1. The molecule has 0 aromatic heterocycles. The van der Waals surface area contributed by atoms with E-state index in [2.05, 4.69) is 0 Å². The number of methoxy groups -OCH3 is 1. The smallest absolute Gasteiger partial charge is 0.321 e. The molecule has 3 heterocycles. The number of likely N-dealkylation sites (N-methyl/N-ethyl adjacent to an activating group) is 1. The first-order valence-electron chi connectivity index (χ1n) is 21.4. The van der Waals surface area contributed by atoms with E-state index in [0.717, 1.165) is 0 Å². The van der Waals surface area contributed by atoms with Crippen LogP contribution in [0.15, 0.2) is 24.3 Å². The van der Waals surface area contributed by atoms with Crippen LogP contribution < -0.4 is 0 Å². The Bertz CT molecular complexity index is 1520. The first-order chi connectivity index (χ1) is 29.1. The fraction of sp³-hybridized carbons (Fsp3) is 0.795. The minimum Gasteiger partial charge on any atom is -0.462 e. The Morgan fingerprint density at radius 1 is 1.00 bits per heavy atom. The lowest BCUT2D eigenvalue weighted by atomic mass is 9.82. The lowest BCUT2D eigenvalue weighted by molar-refractivity contribution is -0.344. The highest BCUT2D eigenvalue weighted by Gasteiger charge is 2.53. The van der Waals surface area contributed by atoms with Gasteiger partial charge in [-0.1, -0.05) is 39.0 Å². The number of aliphatic hydroxyl groups is 2. The molecule has 16 atom stereocenters. The molecule has 18 heteroatoms. The molecule has 0 bridgehead atoms. The summed E-state index contributed by atoms with van der Waals surface area (Å²) in [6.45, 7) is 13.4. The average molecular weight is 904 g/mol. The van der Waals surface area contributed by atoms with Gasteiger partial charge >= 0.3 is 23.9 Å². The van der Waals surface area contributed by atoms with Crippen molar-refractivity contribution >= 4 is 41.8 Å². The summed E-state index contributed by atoms with van der Waals surface area (Å²) >= 11 is 5.82. The number of nitrogens with zero attached hydrogens (tertiary/aromatic N) is 1. The number of hydrogen-bond acceptors (Lipinski definition) is 17. The van der Waals surface area contributed by atoms with Gasteiger partial charge in [0.15, 0.2) is 18.7 Å². The number of carbonyl (C=O) groups is 5. The predicted octanol–water partition coefficient (Wildman–Crippen LogP) is 3.80. The van der Waals surface area contributed by atoms with E-state index in [1.807, 2.05) is 20.8 Å². The zero-order valence-corrected chi connectivity index (χ0v) is 38.8. The zero-order chi connectivity index (χ0) is 46.5. The van der Waals surface area contributed by atoms with Crippen LogP contribution in [-0.2, 0) is 66.6 Å². The number of hydrogen-bond donors (Lipinski definition) is 2. The van der Waals surface area contributed by atoms with Crippen molar-refractivity contribution in [1.82, 2.24) is 4.90 Å². The van der Waals surface area contributed by atoms with Crippen molar-refractivity contribution in [2.24, 2.45) is 17.8 Å². The van der Waals surface area contributed by atoms with E-state index in [1.165, 1.54) is 14.0 Å².